The van der Waals surface area contributed by atoms with Crippen LogP contribution in [0.15, 0.2) is 39.6 Å². The lowest BCUT2D eigenvalue weighted by Crippen LogP contribution is -2.07. The van der Waals surface area contributed by atoms with Crippen LogP contribution in [0.4, 0.5) is 0 Å². The molecule has 0 spiro atoms. The molecule has 0 bridgehead atoms. The molecule has 0 saturated heterocycles. The van der Waals surface area contributed by atoms with E-state index in [4.69, 9.17) is 4.42 Å². The Labute approximate surface area is 124 Å². The van der Waals surface area contributed by atoms with E-state index in [2.05, 4.69) is 36.2 Å². The summed E-state index contributed by atoms with van der Waals surface area (Å²) in [6, 6.07) is 3.54. The minimum Gasteiger partial charge on any atom is -0.418 e. The van der Waals surface area contributed by atoms with Crippen molar-refractivity contribution < 1.29 is 4.42 Å². The molecule has 3 heterocycles. The van der Waals surface area contributed by atoms with Crippen LogP contribution in [0.1, 0.15) is 24.6 Å². The maximum atomic E-state index is 5.71. The van der Waals surface area contributed by atoms with Crippen LogP contribution in [0.2, 0.25) is 0 Å². The molecule has 0 aliphatic carbocycles. The van der Waals surface area contributed by atoms with E-state index >= 15 is 0 Å². The number of hydrogen-bond acceptors (Lipinski definition) is 5. The van der Waals surface area contributed by atoms with Crippen LogP contribution in [-0.2, 0) is 0 Å². The summed E-state index contributed by atoms with van der Waals surface area (Å²) in [6.07, 6.45) is 5.28. The fraction of sp³-hybridized carbons (Fsp3) is 0.231. The highest BCUT2D eigenvalue weighted by atomic mass is 79.9. The van der Waals surface area contributed by atoms with Crippen LogP contribution in [0, 0.1) is 6.92 Å². The Hall–Kier alpha value is -2.02. The zero-order valence-electron chi connectivity index (χ0n) is 11.0. The zero-order chi connectivity index (χ0) is 14.1. The van der Waals surface area contributed by atoms with E-state index in [9.17, 15) is 0 Å². The van der Waals surface area contributed by atoms with Crippen molar-refractivity contribution in [3.8, 4) is 11.5 Å². The van der Waals surface area contributed by atoms with Gasteiger partial charge in [-0.15, -0.1) is 10.2 Å². The first-order chi connectivity index (χ1) is 9.65. The van der Waals surface area contributed by atoms with Gasteiger partial charge in [-0.3, -0.25) is 9.67 Å². The van der Waals surface area contributed by atoms with Gasteiger partial charge in [-0.1, -0.05) is 0 Å². The molecule has 0 N–H and O–H groups in total. The Morgan fingerprint density at radius 3 is 2.65 bits per heavy atom. The second kappa shape index (κ2) is 5.16. The number of hydrogen-bond donors (Lipinski definition) is 0. The average Bonchev–Trinajstić information content (AvgIpc) is 3.07. The summed E-state index contributed by atoms with van der Waals surface area (Å²) in [5, 5.41) is 12.6. The number of aromatic nitrogens is 5. The van der Waals surface area contributed by atoms with Crippen LogP contribution in [0.5, 0.6) is 0 Å². The normalized spacial score (nSPS) is 12.6. The molecule has 102 valence electrons. The number of halogens is 1. The fourth-order valence-electron chi connectivity index (χ4n) is 1.79. The molecule has 0 amide bonds. The number of nitrogens with zero attached hydrogens (tertiary/aromatic N) is 5. The molecular formula is C13H12BrN5O. The SMILES string of the molecule is Cc1nn(C(C)c2nnc(-c3ccncc3)o2)cc1Br. The summed E-state index contributed by atoms with van der Waals surface area (Å²) in [4.78, 5) is 3.96. The molecule has 20 heavy (non-hydrogen) atoms. The van der Waals surface area contributed by atoms with Crippen molar-refractivity contribution in [1.29, 1.82) is 0 Å². The van der Waals surface area contributed by atoms with Crippen LogP contribution >= 0.6 is 15.9 Å². The highest BCUT2D eigenvalue weighted by Gasteiger charge is 2.18. The molecule has 0 aromatic carbocycles. The second-order valence-electron chi connectivity index (χ2n) is 4.40. The van der Waals surface area contributed by atoms with Crippen LogP contribution in [0.25, 0.3) is 11.5 Å². The van der Waals surface area contributed by atoms with Gasteiger partial charge in [0.2, 0.25) is 11.8 Å². The van der Waals surface area contributed by atoms with Crippen LogP contribution < -0.4 is 0 Å². The van der Waals surface area contributed by atoms with Crippen molar-refractivity contribution in [3.05, 3.63) is 46.8 Å². The number of aryl methyl sites for hydroxylation is 1. The van der Waals surface area contributed by atoms with Gasteiger partial charge in [0.15, 0.2) is 0 Å². The van der Waals surface area contributed by atoms with Crippen molar-refractivity contribution >= 4 is 15.9 Å². The minimum absolute atomic E-state index is 0.122. The Balaban J connectivity index is 1.90. The summed E-state index contributed by atoms with van der Waals surface area (Å²) in [5.74, 6) is 1.00. The smallest absolute Gasteiger partial charge is 0.247 e. The second-order valence-corrected chi connectivity index (χ2v) is 5.25. The minimum atomic E-state index is -0.122. The van der Waals surface area contributed by atoms with Crippen LogP contribution in [-0.4, -0.2) is 25.0 Å². The molecule has 1 unspecified atom stereocenters. The van der Waals surface area contributed by atoms with Gasteiger partial charge in [-0.25, -0.2) is 0 Å². The van der Waals surface area contributed by atoms with Gasteiger partial charge in [0, 0.05) is 24.2 Å². The number of rotatable bonds is 3. The lowest BCUT2D eigenvalue weighted by Gasteiger charge is -2.06. The predicted octanol–water partition coefficient (Wildman–Crippen LogP) is 3.01. The predicted molar refractivity (Wildman–Crippen MR) is 76.0 cm³/mol. The van der Waals surface area contributed by atoms with Crippen molar-refractivity contribution in [2.45, 2.75) is 19.9 Å². The van der Waals surface area contributed by atoms with E-state index in [0.717, 1.165) is 15.7 Å². The van der Waals surface area contributed by atoms with E-state index in [-0.39, 0.29) is 6.04 Å². The molecule has 0 fully saturated rings. The van der Waals surface area contributed by atoms with Gasteiger partial charge in [-0.05, 0) is 41.9 Å². The maximum Gasteiger partial charge on any atom is 0.247 e. The fourth-order valence-corrected chi connectivity index (χ4v) is 2.07. The molecule has 6 nitrogen and oxygen atoms in total. The quantitative estimate of drug-likeness (QED) is 0.736. The summed E-state index contributed by atoms with van der Waals surface area (Å²) in [7, 11) is 0. The third kappa shape index (κ3) is 2.36. The Morgan fingerprint density at radius 1 is 1.25 bits per heavy atom. The first kappa shape index (κ1) is 13.0. The molecule has 0 radical (unpaired) electrons. The third-order valence-electron chi connectivity index (χ3n) is 2.98. The Kier molecular flexibility index (Phi) is 3.35. The van der Waals surface area contributed by atoms with Gasteiger partial charge in [-0.2, -0.15) is 5.10 Å². The molecular weight excluding hydrogens is 322 g/mol. The van der Waals surface area contributed by atoms with E-state index in [1.54, 1.807) is 17.1 Å². The van der Waals surface area contributed by atoms with Gasteiger partial charge in [0.05, 0.1) is 10.2 Å². The van der Waals surface area contributed by atoms with Gasteiger partial charge >= 0.3 is 0 Å². The van der Waals surface area contributed by atoms with E-state index < -0.39 is 0 Å². The van der Waals surface area contributed by atoms with Crippen molar-refractivity contribution in [2.24, 2.45) is 0 Å². The highest BCUT2D eigenvalue weighted by Crippen LogP contribution is 2.23. The van der Waals surface area contributed by atoms with Crippen molar-refractivity contribution in [3.63, 3.8) is 0 Å². The van der Waals surface area contributed by atoms with Gasteiger partial charge in [0.1, 0.15) is 6.04 Å². The molecule has 3 aromatic heterocycles. The lowest BCUT2D eigenvalue weighted by molar-refractivity contribution is 0.415. The topological polar surface area (TPSA) is 69.6 Å². The van der Waals surface area contributed by atoms with Gasteiger partial charge in [0.25, 0.3) is 0 Å². The Morgan fingerprint density at radius 2 is 2.00 bits per heavy atom. The molecule has 0 aliphatic rings. The Bertz CT molecular complexity index is 702. The summed E-state index contributed by atoms with van der Waals surface area (Å²) < 4.78 is 8.46. The highest BCUT2D eigenvalue weighted by molar-refractivity contribution is 9.10. The molecule has 7 heteroatoms. The molecule has 3 rings (SSSR count). The van der Waals surface area contributed by atoms with Crippen molar-refractivity contribution in [2.75, 3.05) is 0 Å². The molecule has 0 saturated carbocycles. The molecule has 0 aliphatic heterocycles. The first-order valence-electron chi connectivity index (χ1n) is 6.10. The molecule has 1 atom stereocenters. The van der Waals surface area contributed by atoms with Gasteiger partial charge < -0.3 is 4.42 Å². The lowest BCUT2D eigenvalue weighted by atomic mass is 10.3. The summed E-state index contributed by atoms with van der Waals surface area (Å²) in [5.41, 5.74) is 1.77. The summed E-state index contributed by atoms with van der Waals surface area (Å²) in [6.45, 7) is 3.90. The first-order valence-corrected chi connectivity index (χ1v) is 6.89. The van der Waals surface area contributed by atoms with E-state index in [0.29, 0.717) is 11.8 Å². The third-order valence-corrected chi connectivity index (χ3v) is 3.76. The largest absolute Gasteiger partial charge is 0.418 e. The van der Waals surface area contributed by atoms with Crippen LogP contribution in [0.3, 0.4) is 0 Å². The monoisotopic (exact) mass is 333 g/mol. The number of pyridine rings is 1. The van der Waals surface area contributed by atoms with E-state index in [1.165, 1.54) is 0 Å². The zero-order valence-corrected chi connectivity index (χ0v) is 12.6. The standard InChI is InChI=1S/C13H12BrN5O/c1-8-11(14)7-19(18-8)9(2)12-16-17-13(20-12)10-3-5-15-6-4-10/h3-7,9H,1-2H3. The van der Waals surface area contributed by atoms with E-state index in [1.807, 2.05) is 32.2 Å². The molecule has 3 aromatic rings. The summed E-state index contributed by atoms with van der Waals surface area (Å²) >= 11 is 3.44. The average molecular weight is 334 g/mol. The van der Waals surface area contributed by atoms with Crippen molar-refractivity contribution in [1.82, 2.24) is 25.0 Å². The maximum absolute atomic E-state index is 5.71.